The smallest absolute Gasteiger partial charge is 0.337 e. The molecule has 0 spiro atoms. The summed E-state index contributed by atoms with van der Waals surface area (Å²) in [4.78, 5) is 15.1. The second-order valence-electron chi connectivity index (χ2n) is 9.48. The van der Waals surface area contributed by atoms with E-state index in [9.17, 15) is 4.79 Å². The quantitative estimate of drug-likeness (QED) is 0.660. The summed E-state index contributed by atoms with van der Waals surface area (Å²) in [7, 11) is 0. The number of hydrogen-bond acceptors (Lipinski definition) is 4. The predicted molar refractivity (Wildman–Crippen MR) is 114 cm³/mol. The summed E-state index contributed by atoms with van der Waals surface area (Å²) < 4.78 is 12.5. The first-order valence-electron chi connectivity index (χ1n) is 11.4. The Morgan fingerprint density at radius 2 is 2.00 bits per heavy atom. The second kappa shape index (κ2) is 9.01. The Balaban J connectivity index is 1.56. The average Bonchev–Trinajstić information content (AvgIpc) is 2.86. The third-order valence-corrected chi connectivity index (χ3v) is 6.94. The Labute approximate surface area is 175 Å². The molecule has 5 atom stereocenters. The molecular formula is C25H35NO3. The van der Waals surface area contributed by atoms with Crippen LogP contribution in [0.25, 0.3) is 0 Å². The number of carbonyl (C=O) groups excluding carboxylic acids is 1. The number of nitrogens with zero attached hydrogens (tertiary/aromatic N) is 1. The minimum Gasteiger partial charge on any atom is -0.430 e. The number of fused-ring (bicyclic) bond motifs is 1. The molecule has 1 saturated heterocycles. The van der Waals surface area contributed by atoms with E-state index in [1.54, 1.807) is 0 Å². The van der Waals surface area contributed by atoms with Gasteiger partial charge in [0.15, 0.2) is 0 Å². The van der Waals surface area contributed by atoms with Gasteiger partial charge in [0, 0.05) is 6.54 Å². The van der Waals surface area contributed by atoms with E-state index >= 15 is 0 Å². The van der Waals surface area contributed by atoms with Crippen LogP contribution < -0.4 is 0 Å². The van der Waals surface area contributed by atoms with Crippen LogP contribution in [0.15, 0.2) is 42.0 Å². The number of cyclic esters (lactones) is 1. The van der Waals surface area contributed by atoms with Crippen LogP contribution in [0.2, 0.25) is 0 Å². The summed E-state index contributed by atoms with van der Waals surface area (Å²) in [6, 6.07) is 10.4. The molecule has 2 heterocycles. The summed E-state index contributed by atoms with van der Waals surface area (Å²) in [6.45, 7) is 8.65. The number of esters is 1. The molecule has 1 aliphatic carbocycles. The number of ether oxygens (including phenoxy) is 2. The normalized spacial score (nSPS) is 33.2. The summed E-state index contributed by atoms with van der Waals surface area (Å²) in [5.41, 5.74) is 2.06. The molecule has 1 saturated carbocycles. The zero-order valence-corrected chi connectivity index (χ0v) is 18.0. The van der Waals surface area contributed by atoms with Crippen molar-refractivity contribution in [2.45, 2.75) is 77.9 Å². The standard InChI is InChI=1S/C25H35NO3/c1-17(2)20-13-12-18(3)15-22(20)28-25-23-21(24(27)29-25)11-7-8-14-26(23)16-19-9-5-4-6-10-19/h4-6,9-11,17-18,20,22-23,25H,7-8,12-16H2,1-3H3/t18-,20+,22-,23+,25-/m1/s1. The average molecular weight is 398 g/mol. The molecule has 1 aromatic rings. The fourth-order valence-corrected chi connectivity index (χ4v) is 5.31. The lowest BCUT2D eigenvalue weighted by Crippen LogP contribution is -2.46. The first-order valence-corrected chi connectivity index (χ1v) is 11.4. The Morgan fingerprint density at radius 3 is 2.76 bits per heavy atom. The van der Waals surface area contributed by atoms with Gasteiger partial charge in [-0.15, -0.1) is 0 Å². The van der Waals surface area contributed by atoms with Crippen molar-refractivity contribution in [2.24, 2.45) is 17.8 Å². The van der Waals surface area contributed by atoms with Gasteiger partial charge in [-0.05, 0) is 55.5 Å². The van der Waals surface area contributed by atoms with Gasteiger partial charge in [0.25, 0.3) is 0 Å². The monoisotopic (exact) mass is 397 g/mol. The molecule has 3 aliphatic rings. The lowest BCUT2D eigenvalue weighted by atomic mass is 9.75. The third kappa shape index (κ3) is 4.59. The number of hydrogen-bond donors (Lipinski definition) is 0. The SMILES string of the molecule is CC(C)[C@@H]1CC[C@@H](C)C[C@H]1O[C@@H]1OC(=O)C2=CCCCN(Cc3ccccc3)[C@@H]21. The first-order chi connectivity index (χ1) is 14.0. The highest BCUT2D eigenvalue weighted by molar-refractivity contribution is 5.92. The van der Waals surface area contributed by atoms with Crippen molar-refractivity contribution >= 4 is 5.97 Å². The molecular weight excluding hydrogens is 362 g/mol. The molecule has 0 unspecified atom stereocenters. The van der Waals surface area contributed by atoms with Crippen molar-refractivity contribution in [3.05, 3.63) is 47.5 Å². The van der Waals surface area contributed by atoms with Crippen molar-refractivity contribution in [3.63, 3.8) is 0 Å². The molecule has 4 rings (SSSR count). The molecule has 29 heavy (non-hydrogen) atoms. The van der Waals surface area contributed by atoms with Crippen LogP contribution >= 0.6 is 0 Å². The van der Waals surface area contributed by atoms with Gasteiger partial charge in [-0.2, -0.15) is 0 Å². The molecule has 0 aromatic heterocycles. The van der Waals surface area contributed by atoms with Gasteiger partial charge in [-0.25, -0.2) is 4.79 Å². The zero-order valence-electron chi connectivity index (χ0n) is 18.0. The summed E-state index contributed by atoms with van der Waals surface area (Å²) in [5, 5.41) is 0. The van der Waals surface area contributed by atoms with Gasteiger partial charge in [-0.1, -0.05) is 63.6 Å². The van der Waals surface area contributed by atoms with Gasteiger partial charge in [0.2, 0.25) is 6.29 Å². The van der Waals surface area contributed by atoms with Crippen molar-refractivity contribution in [1.29, 1.82) is 0 Å². The molecule has 4 heteroatoms. The van der Waals surface area contributed by atoms with Gasteiger partial charge < -0.3 is 9.47 Å². The molecule has 0 radical (unpaired) electrons. The van der Waals surface area contributed by atoms with Crippen molar-refractivity contribution in [1.82, 2.24) is 4.90 Å². The highest BCUT2D eigenvalue weighted by Crippen LogP contribution is 2.39. The maximum Gasteiger partial charge on any atom is 0.337 e. The van der Waals surface area contributed by atoms with Crippen molar-refractivity contribution in [3.8, 4) is 0 Å². The van der Waals surface area contributed by atoms with E-state index in [2.05, 4.69) is 56.0 Å². The Bertz CT molecular complexity index is 729. The minimum atomic E-state index is -0.493. The molecule has 0 bridgehead atoms. The number of rotatable bonds is 5. The molecule has 158 valence electrons. The van der Waals surface area contributed by atoms with Gasteiger partial charge in [0.1, 0.15) is 6.04 Å². The molecule has 2 fully saturated rings. The topological polar surface area (TPSA) is 38.8 Å². The molecule has 1 aromatic carbocycles. The largest absolute Gasteiger partial charge is 0.430 e. The number of benzene rings is 1. The number of allylic oxidation sites excluding steroid dienone is 1. The number of carbonyl (C=O) groups is 1. The first kappa shape index (κ1) is 20.6. The van der Waals surface area contributed by atoms with Crippen LogP contribution in [0.4, 0.5) is 0 Å². The fraction of sp³-hybridized carbons (Fsp3) is 0.640. The van der Waals surface area contributed by atoms with Gasteiger partial charge >= 0.3 is 5.97 Å². The Kier molecular flexibility index (Phi) is 6.41. The van der Waals surface area contributed by atoms with E-state index in [-0.39, 0.29) is 18.1 Å². The molecule has 0 N–H and O–H groups in total. The van der Waals surface area contributed by atoms with E-state index < -0.39 is 6.29 Å². The Hall–Kier alpha value is -1.65. The van der Waals surface area contributed by atoms with Crippen LogP contribution in [-0.4, -0.2) is 35.8 Å². The van der Waals surface area contributed by atoms with E-state index in [1.165, 1.54) is 18.4 Å². The van der Waals surface area contributed by atoms with E-state index in [1.807, 2.05) is 6.07 Å². The third-order valence-electron chi connectivity index (χ3n) is 6.94. The van der Waals surface area contributed by atoms with Crippen LogP contribution in [0.5, 0.6) is 0 Å². The van der Waals surface area contributed by atoms with Crippen molar-refractivity contribution < 1.29 is 14.3 Å². The molecule has 4 nitrogen and oxygen atoms in total. The van der Waals surface area contributed by atoms with E-state index in [4.69, 9.17) is 9.47 Å². The molecule has 0 amide bonds. The van der Waals surface area contributed by atoms with Gasteiger partial charge in [-0.3, -0.25) is 4.90 Å². The van der Waals surface area contributed by atoms with Gasteiger partial charge in [0.05, 0.1) is 11.7 Å². The van der Waals surface area contributed by atoms with Crippen LogP contribution in [-0.2, 0) is 20.8 Å². The minimum absolute atomic E-state index is 0.102. The summed E-state index contributed by atoms with van der Waals surface area (Å²) >= 11 is 0. The van der Waals surface area contributed by atoms with Crippen LogP contribution in [0.1, 0.15) is 58.4 Å². The maximum atomic E-state index is 12.7. The maximum absolute atomic E-state index is 12.7. The van der Waals surface area contributed by atoms with Crippen molar-refractivity contribution in [2.75, 3.05) is 6.54 Å². The highest BCUT2D eigenvalue weighted by atomic mass is 16.7. The van der Waals surface area contributed by atoms with E-state index in [0.29, 0.717) is 17.8 Å². The summed E-state index contributed by atoms with van der Waals surface area (Å²) in [5.74, 6) is 1.59. The summed E-state index contributed by atoms with van der Waals surface area (Å²) in [6.07, 6.45) is 7.26. The Morgan fingerprint density at radius 1 is 1.21 bits per heavy atom. The lowest BCUT2D eigenvalue weighted by Gasteiger charge is -2.40. The second-order valence-corrected chi connectivity index (χ2v) is 9.48. The van der Waals surface area contributed by atoms with E-state index in [0.717, 1.165) is 37.9 Å². The van der Waals surface area contributed by atoms with Crippen LogP contribution in [0, 0.1) is 17.8 Å². The zero-order chi connectivity index (χ0) is 20.4. The predicted octanol–water partition coefficient (Wildman–Crippen LogP) is 4.94. The molecule has 2 aliphatic heterocycles. The lowest BCUT2D eigenvalue weighted by molar-refractivity contribution is -0.198. The van der Waals surface area contributed by atoms with Crippen LogP contribution in [0.3, 0.4) is 0 Å². The fourth-order valence-electron chi connectivity index (χ4n) is 5.31. The highest BCUT2D eigenvalue weighted by Gasteiger charge is 2.47.